The molecular weight excluding hydrogens is 252 g/mol. The number of rotatable bonds is 12. The van der Waals surface area contributed by atoms with Gasteiger partial charge in [-0.15, -0.1) is 6.58 Å². The fourth-order valence-electron chi connectivity index (χ4n) is 1.70. The second-order valence-corrected chi connectivity index (χ2v) is 4.35. The molecule has 114 valence electrons. The van der Waals surface area contributed by atoms with Crippen LogP contribution in [0.5, 0.6) is 0 Å². The minimum atomic E-state index is -1.04. The van der Waals surface area contributed by atoms with E-state index in [2.05, 4.69) is 6.58 Å². The van der Waals surface area contributed by atoms with Crippen LogP contribution in [-0.4, -0.2) is 71.3 Å². The first-order chi connectivity index (χ1) is 9.04. The largest absolute Gasteiger partial charge is 0.394 e. The van der Waals surface area contributed by atoms with Gasteiger partial charge >= 0.3 is 0 Å². The van der Waals surface area contributed by atoms with E-state index in [0.29, 0.717) is 13.2 Å². The van der Waals surface area contributed by atoms with Crippen molar-refractivity contribution < 1.29 is 29.9 Å². The van der Waals surface area contributed by atoms with E-state index >= 15 is 0 Å². The predicted octanol–water partition coefficient (Wildman–Crippen LogP) is -0.551. The molecule has 0 fully saturated rings. The van der Waals surface area contributed by atoms with Crippen LogP contribution in [0.4, 0.5) is 0 Å². The number of aliphatic hydroxyl groups is 4. The summed E-state index contributed by atoms with van der Waals surface area (Å²) in [6.07, 6.45) is -1.46. The van der Waals surface area contributed by atoms with Crippen molar-refractivity contribution in [3.05, 3.63) is 12.7 Å². The van der Waals surface area contributed by atoms with Crippen LogP contribution in [0.1, 0.15) is 19.8 Å². The van der Waals surface area contributed by atoms with Crippen molar-refractivity contribution in [1.29, 1.82) is 0 Å². The van der Waals surface area contributed by atoms with Crippen LogP contribution in [0, 0.1) is 0 Å². The van der Waals surface area contributed by atoms with Gasteiger partial charge in [0.1, 0.15) is 6.10 Å². The van der Waals surface area contributed by atoms with Crippen molar-refractivity contribution in [2.75, 3.05) is 26.4 Å². The molecule has 0 rings (SSSR count). The molecule has 0 aliphatic rings. The van der Waals surface area contributed by atoms with Crippen LogP contribution in [0.15, 0.2) is 12.7 Å². The van der Waals surface area contributed by atoms with Crippen molar-refractivity contribution >= 4 is 0 Å². The molecular formula is C13H26O6. The summed E-state index contributed by atoms with van der Waals surface area (Å²) in [6.45, 7) is 5.66. The molecule has 1 unspecified atom stereocenters. The molecule has 0 bridgehead atoms. The van der Waals surface area contributed by atoms with Gasteiger partial charge in [-0.25, -0.2) is 0 Å². The number of hydrogen-bond donors (Lipinski definition) is 4. The van der Waals surface area contributed by atoms with Crippen molar-refractivity contribution in [1.82, 2.24) is 0 Å². The molecule has 0 aromatic carbocycles. The van der Waals surface area contributed by atoms with Gasteiger partial charge in [-0.2, -0.15) is 0 Å². The first-order valence-electron chi connectivity index (χ1n) is 6.50. The van der Waals surface area contributed by atoms with E-state index < -0.39 is 31.0 Å². The molecule has 0 spiro atoms. The minimum absolute atomic E-state index is 0.116. The first kappa shape index (κ1) is 18.5. The second kappa shape index (κ2) is 11.3. The summed E-state index contributed by atoms with van der Waals surface area (Å²) in [5.41, 5.74) is 0. The Morgan fingerprint density at radius 3 is 2.37 bits per heavy atom. The van der Waals surface area contributed by atoms with E-state index in [1.807, 2.05) is 0 Å². The number of aliphatic hydroxyl groups excluding tert-OH is 4. The van der Waals surface area contributed by atoms with Gasteiger partial charge in [-0.1, -0.05) is 6.08 Å². The van der Waals surface area contributed by atoms with E-state index in [1.165, 1.54) is 0 Å². The molecule has 4 atom stereocenters. The number of hydrogen-bond acceptors (Lipinski definition) is 6. The highest BCUT2D eigenvalue weighted by molar-refractivity contribution is 4.74. The van der Waals surface area contributed by atoms with Crippen LogP contribution < -0.4 is 0 Å². The highest BCUT2D eigenvalue weighted by Gasteiger charge is 2.23. The Bertz CT molecular complexity index is 223. The van der Waals surface area contributed by atoms with Crippen LogP contribution in [0.2, 0.25) is 0 Å². The Hall–Kier alpha value is -0.500. The summed E-state index contributed by atoms with van der Waals surface area (Å²) in [4.78, 5) is 0. The molecule has 6 nitrogen and oxygen atoms in total. The second-order valence-electron chi connectivity index (χ2n) is 4.35. The van der Waals surface area contributed by atoms with Gasteiger partial charge in [0.25, 0.3) is 0 Å². The van der Waals surface area contributed by atoms with Crippen LogP contribution >= 0.6 is 0 Å². The molecule has 0 radical (unpaired) electrons. The highest BCUT2D eigenvalue weighted by atomic mass is 16.5. The lowest BCUT2D eigenvalue weighted by Crippen LogP contribution is -2.36. The first-order valence-corrected chi connectivity index (χ1v) is 6.50. The summed E-state index contributed by atoms with van der Waals surface area (Å²) in [7, 11) is 0. The Morgan fingerprint density at radius 2 is 1.84 bits per heavy atom. The van der Waals surface area contributed by atoms with Gasteiger partial charge in [-0.05, 0) is 6.92 Å². The van der Waals surface area contributed by atoms with Crippen molar-refractivity contribution in [2.45, 2.75) is 44.2 Å². The number of ether oxygens (including phenoxy) is 2. The Kier molecular flexibility index (Phi) is 11.0. The minimum Gasteiger partial charge on any atom is -0.394 e. The smallest absolute Gasteiger partial charge is 0.103 e. The Labute approximate surface area is 114 Å². The van der Waals surface area contributed by atoms with Gasteiger partial charge < -0.3 is 29.9 Å². The van der Waals surface area contributed by atoms with Crippen molar-refractivity contribution in [2.24, 2.45) is 0 Å². The average Bonchev–Trinajstić information content (AvgIpc) is 2.37. The Morgan fingerprint density at radius 1 is 1.16 bits per heavy atom. The van der Waals surface area contributed by atoms with Crippen LogP contribution in [0.3, 0.4) is 0 Å². The van der Waals surface area contributed by atoms with Gasteiger partial charge in [0, 0.05) is 19.4 Å². The summed E-state index contributed by atoms with van der Waals surface area (Å²) in [5.74, 6) is 0. The quantitative estimate of drug-likeness (QED) is 0.282. The molecule has 6 heteroatoms. The average molecular weight is 278 g/mol. The van der Waals surface area contributed by atoms with E-state index in [1.54, 1.807) is 13.0 Å². The van der Waals surface area contributed by atoms with Gasteiger partial charge in [0.05, 0.1) is 38.1 Å². The van der Waals surface area contributed by atoms with Crippen LogP contribution in [0.25, 0.3) is 0 Å². The van der Waals surface area contributed by atoms with Crippen molar-refractivity contribution in [3.63, 3.8) is 0 Å². The normalized spacial score (nSPS) is 17.7. The zero-order valence-electron chi connectivity index (χ0n) is 11.4. The van der Waals surface area contributed by atoms with Gasteiger partial charge in [0.15, 0.2) is 0 Å². The summed E-state index contributed by atoms with van der Waals surface area (Å²) in [5, 5.41) is 37.8. The molecule has 0 aromatic rings. The van der Waals surface area contributed by atoms with Crippen molar-refractivity contribution in [3.8, 4) is 0 Å². The fourth-order valence-corrected chi connectivity index (χ4v) is 1.70. The van der Waals surface area contributed by atoms with Crippen LogP contribution in [-0.2, 0) is 9.47 Å². The topological polar surface area (TPSA) is 99.4 Å². The molecule has 0 aliphatic carbocycles. The zero-order valence-corrected chi connectivity index (χ0v) is 11.4. The molecule has 0 amide bonds. The lowest BCUT2D eigenvalue weighted by atomic mass is 10.0. The predicted molar refractivity (Wildman–Crippen MR) is 70.8 cm³/mol. The van der Waals surface area contributed by atoms with Gasteiger partial charge in [-0.3, -0.25) is 0 Å². The zero-order chi connectivity index (χ0) is 14.7. The maximum atomic E-state index is 9.81. The summed E-state index contributed by atoms with van der Waals surface area (Å²) in [6, 6.07) is 0. The molecule has 0 saturated heterocycles. The molecule has 0 heterocycles. The summed E-state index contributed by atoms with van der Waals surface area (Å²) >= 11 is 0. The monoisotopic (exact) mass is 278 g/mol. The van der Waals surface area contributed by atoms with E-state index in [0.717, 1.165) is 0 Å². The third-order valence-corrected chi connectivity index (χ3v) is 2.59. The molecule has 19 heavy (non-hydrogen) atoms. The van der Waals surface area contributed by atoms with E-state index in [4.69, 9.17) is 14.6 Å². The third kappa shape index (κ3) is 9.10. The lowest BCUT2D eigenvalue weighted by molar-refractivity contribution is -0.0789. The molecule has 0 aromatic heterocycles. The third-order valence-electron chi connectivity index (χ3n) is 2.59. The lowest BCUT2D eigenvalue weighted by Gasteiger charge is -2.24. The van der Waals surface area contributed by atoms with E-state index in [-0.39, 0.29) is 19.4 Å². The van der Waals surface area contributed by atoms with E-state index in [9.17, 15) is 15.3 Å². The van der Waals surface area contributed by atoms with Gasteiger partial charge in [0.2, 0.25) is 0 Å². The maximum absolute atomic E-state index is 9.81. The summed E-state index contributed by atoms with van der Waals surface area (Å²) < 4.78 is 10.3. The maximum Gasteiger partial charge on any atom is 0.103 e. The molecule has 0 saturated carbocycles. The SMILES string of the molecule is C=CCOC[C@@H](O)C[C@@H](O)C[C@@H](OCC)C(O)CO. The highest BCUT2D eigenvalue weighted by Crippen LogP contribution is 2.12. The Balaban J connectivity index is 4.02. The fraction of sp³-hybridized carbons (Fsp3) is 0.846. The standard InChI is InChI=1S/C13H26O6/c1-3-5-18-9-11(16)6-10(15)7-13(19-4-2)12(17)8-14/h3,10-17H,1,4-9H2,2H3/t10-,11+,12?,13-/m1/s1. The molecule has 0 aliphatic heterocycles. The molecule has 4 N–H and O–H groups in total.